The van der Waals surface area contributed by atoms with Gasteiger partial charge in [-0.25, -0.2) is 18.6 Å². The molecule has 0 bridgehead atoms. The molecule has 1 N–H and O–H groups in total. The maximum absolute atomic E-state index is 14.0. The zero-order valence-corrected chi connectivity index (χ0v) is 20.6. The van der Waals surface area contributed by atoms with E-state index in [0.717, 1.165) is 11.8 Å². The molecule has 1 fully saturated rings. The number of anilines is 1. The number of halogens is 2. The Bertz CT molecular complexity index is 1330. The van der Waals surface area contributed by atoms with Crippen molar-refractivity contribution in [3.63, 3.8) is 0 Å². The third-order valence-electron chi connectivity index (χ3n) is 5.42. The van der Waals surface area contributed by atoms with Crippen LogP contribution in [-0.4, -0.2) is 39.7 Å². The van der Waals surface area contributed by atoms with Gasteiger partial charge in [-0.1, -0.05) is 36.0 Å². The Hall–Kier alpha value is -4.05. The van der Waals surface area contributed by atoms with Crippen molar-refractivity contribution in [1.82, 2.24) is 4.90 Å². The Labute approximate surface area is 216 Å². The van der Waals surface area contributed by atoms with Crippen molar-refractivity contribution in [2.45, 2.75) is 25.1 Å². The first-order valence-corrected chi connectivity index (χ1v) is 12.3. The van der Waals surface area contributed by atoms with Crippen LogP contribution < -0.4 is 5.32 Å². The number of carbonyl (C=O) groups is 3. The Morgan fingerprint density at radius 1 is 1.05 bits per heavy atom. The minimum atomic E-state index is -0.853. The maximum Gasteiger partial charge on any atom is 0.338 e. The molecule has 0 aromatic heterocycles. The number of hydrogen-bond acceptors (Lipinski definition) is 6. The molecule has 190 valence electrons. The number of benzene rings is 3. The standard InChI is InChI=1S/C27H23F2N3O4S/c1-2-36-26(35)18-9-13-20(14-10-18)30-27-32(16-17-7-11-19(28)12-8-17)24(33)15-23(37-27)25(34)31-22-6-4-3-5-21(22)29/h3-14,23H,2,15-16H2,1H3,(H,31,34). The summed E-state index contributed by atoms with van der Waals surface area (Å²) in [6.07, 6.45) is -0.132. The number of amides is 2. The number of amidine groups is 1. The van der Waals surface area contributed by atoms with E-state index in [1.54, 1.807) is 49.4 Å². The molecule has 1 aliphatic heterocycles. The van der Waals surface area contributed by atoms with Crippen LogP contribution in [0.1, 0.15) is 29.3 Å². The normalized spacial score (nSPS) is 16.5. The van der Waals surface area contributed by atoms with Crippen LogP contribution in [-0.2, 0) is 20.9 Å². The van der Waals surface area contributed by atoms with Crippen molar-refractivity contribution in [2.24, 2.45) is 4.99 Å². The third kappa shape index (κ3) is 6.59. The molecule has 0 aliphatic carbocycles. The molecule has 0 spiro atoms. The highest BCUT2D eigenvalue weighted by Gasteiger charge is 2.36. The van der Waals surface area contributed by atoms with Crippen LogP contribution in [0.4, 0.5) is 20.2 Å². The monoisotopic (exact) mass is 523 g/mol. The van der Waals surface area contributed by atoms with E-state index in [1.165, 1.54) is 35.2 Å². The average molecular weight is 524 g/mol. The van der Waals surface area contributed by atoms with Gasteiger partial charge in [0.25, 0.3) is 0 Å². The summed E-state index contributed by atoms with van der Waals surface area (Å²) in [5.41, 5.74) is 1.49. The van der Waals surface area contributed by atoms with Gasteiger partial charge < -0.3 is 10.1 Å². The van der Waals surface area contributed by atoms with E-state index >= 15 is 0 Å². The van der Waals surface area contributed by atoms with Crippen LogP contribution >= 0.6 is 11.8 Å². The number of esters is 1. The number of rotatable bonds is 7. The van der Waals surface area contributed by atoms with E-state index in [-0.39, 0.29) is 36.3 Å². The van der Waals surface area contributed by atoms with E-state index in [0.29, 0.717) is 16.8 Å². The van der Waals surface area contributed by atoms with Crippen LogP contribution in [0.2, 0.25) is 0 Å². The SMILES string of the molecule is CCOC(=O)c1ccc(N=C2SC(C(=O)Nc3ccccc3F)CC(=O)N2Cc2ccc(F)cc2)cc1. The molecule has 1 aliphatic rings. The van der Waals surface area contributed by atoms with E-state index in [4.69, 9.17) is 4.74 Å². The lowest BCUT2D eigenvalue weighted by Crippen LogP contribution is -2.44. The van der Waals surface area contributed by atoms with Crippen LogP contribution in [0.5, 0.6) is 0 Å². The van der Waals surface area contributed by atoms with E-state index < -0.39 is 28.8 Å². The number of ether oxygens (including phenoxy) is 1. The second-order valence-corrected chi connectivity index (χ2v) is 9.22. The number of nitrogens with one attached hydrogen (secondary N) is 1. The molecule has 10 heteroatoms. The minimum Gasteiger partial charge on any atom is -0.462 e. The van der Waals surface area contributed by atoms with Gasteiger partial charge in [0.15, 0.2) is 5.17 Å². The summed E-state index contributed by atoms with van der Waals surface area (Å²) >= 11 is 1.07. The summed E-state index contributed by atoms with van der Waals surface area (Å²) in [6.45, 7) is 2.08. The molecule has 1 atom stereocenters. The van der Waals surface area contributed by atoms with Gasteiger partial charge in [-0.05, 0) is 61.0 Å². The molecule has 2 amide bonds. The van der Waals surface area contributed by atoms with Crippen LogP contribution in [0.3, 0.4) is 0 Å². The Balaban J connectivity index is 1.60. The van der Waals surface area contributed by atoms with Crippen LogP contribution in [0, 0.1) is 11.6 Å². The largest absolute Gasteiger partial charge is 0.462 e. The number of para-hydroxylation sites is 1. The number of nitrogens with zero attached hydrogens (tertiary/aromatic N) is 2. The van der Waals surface area contributed by atoms with Crippen molar-refractivity contribution in [1.29, 1.82) is 0 Å². The summed E-state index contributed by atoms with van der Waals surface area (Å²) in [7, 11) is 0. The molecule has 7 nitrogen and oxygen atoms in total. The highest BCUT2D eigenvalue weighted by molar-refractivity contribution is 8.15. The summed E-state index contributed by atoms with van der Waals surface area (Å²) in [5.74, 6) is -2.35. The topological polar surface area (TPSA) is 88.1 Å². The summed E-state index contributed by atoms with van der Waals surface area (Å²) in [6, 6.07) is 17.8. The smallest absolute Gasteiger partial charge is 0.338 e. The first-order chi connectivity index (χ1) is 17.8. The number of thioether (sulfide) groups is 1. The number of carbonyl (C=O) groups excluding carboxylic acids is 3. The van der Waals surface area contributed by atoms with Crippen molar-refractivity contribution in [3.8, 4) is 0 Å². The Morgan fingerprint density at radius 2 is 1.76 bits per heavy atom. The molecular formula is C27H23F2N3O4S. The molecular weight excluding hydrogens is 500 g/mol. The van der Waals surface area contributed by atoms with Gasteiger partial charge in [0, 0.05) is 6.42 Å². The molecule has 4 rings (SSSR count). The predicted octanol–water partition coefficient (Wildman–Crippen LogP) is 5.30. The number of hydrogen-bond donors (Lipinski definition) is 1. The molecule has 0 radical (unpaired) electrons. The molecule has 0 saturated carbocycles. The molecule has 1 saturated heterocycles. The van der Waals surface area contributed by atoms with Crippen LogP contribution in [0.15, 0.2) is 77.8 Å². The van der Waals surface area contributed by atoms with Gasteiger partial charge in [0.2, 0.25) is 11.8 Å². The molecule has 1 heterocycles. The maximum atomic E-state index is 14.0. The quantitative estimate of drug-likeness (QED) is 0.425. The lowest BCUT2D eigenvalue weighted by Gasteiger charge is -2.32. The lowest BCUT2D eigenvalue weighted by molar-refractivity contribution is -0.129. The second-order valence-electron chi connectivity index (χ2n) is 8.05. The van der Waals surface area contributed by atoms with E-state index in [2.05, 4.69) is 10.3 Å². The Kier molecular flexibility index (Phi) is 8.29. The van der Waals surface area contributed by atoms with E-state index in [1.807, 2.05) is 0 Å². The zero-order valence-electron chi connectivity index (χ0n) is 19.8. The first kappa shape index (κ1) is 26.0. The van der Waals surface area contributed by atoms with Crippen molar-refractivity contribution in [3.05, 3.63) is 95.6 Å². The van der Waals surface area contributed by atoms with Crippen molar-refractivity contribution < 1.29 is 27.9 Å². The highest BCUT2D eigenvalue weighted by Crippen LogP contribution is 2.31. The van der Waals surface area contributed by atoms with E-state index in [9.17, 15) is 23.2 Å². The zero-order chi connectivity index (χ0) is 26.4. The van der Waals surface area contributed by atoms with Gasteiger partial charge in [-0.3, -0.25) is 14.5 Å². The Morgan fingerprint density at radius 3 is 2.43 bits per heavy atom. The highest BCUT2D eigenvalue weighted by atomic mass is 32.2. The van der Waals surface area contributed by atoms with Crippen molar-refractivity contribution >= 4 is 46.1 Å². The predicted molar refractivity (Wildman–Crippen MR) is 137 cm³/mol. The third-order valence-corrected chi connectivity index (χ3v) is 6.61. The molecule has 3 aromatic rings. The molecule has 3 aromatic carbocycles. The number of aliphatic imine (C=N–C) groups is 1. The molecule has 1 unspecified atom stereocenters. The minimum absolute atomic E-state index is 0.0160. The van der Waals surface area contributed by atoms with Gasteiger partial charge in [0.05, 0.1) is 30.1 Å². The van der Waals surface area contributed by atoms with Gasteiger partial charge in [-0.15, -0.1) is 0 Å². The summed E-state index contributed by atoms with van der Waals surface area (Å²) in [5, 5.41) is 1.93. The fourth-order valence-electron chi connectivity index (χ4n) is 3.54. The second kappa shape index (κ2) is 11.8. The van der Waals surface area contributed by atoms with Gasteiger partial charge >= 0.3 is 5.97 Å². The first-order valence-electron chi connectivity index (χ1n) is 11.5. The summed E-state index contributed by atoms with van der Waals surface area (Å²) < 4.78 is 32.4. The van der Waals surface area contributed by atoms with Crippen LogP contribution in [0.25, 0.3) is 0 Å². The molecule has 37 heavy (non-hydrogen) atoms. The average Bonchev–Trinajstić information content (AvgIpc) is 2.89. The fraction of sp³-hybridized carbons (Fsp3) is 0.185. The fourth-order valence-corrected chi connectivity index (χ4v) is 4.64. The van der Waals surface area contributed by atoms with Crippen molar-refractivity contribution in [2.75, 3.05) is 11.9 Å². The summed E-state index contributed by atoms with van der Waals surface area (Å²) in [4.78, 5) is 44.0. The van der Waals surface area contributed by atoms with Gasteiger partial charge in [-0.2, -0.15) is 0 Å². The lowest BCUT2D eigenvalue weighted by atomic mass is 10.2. The van der Waals surface area contributed by atoms with Gasteiger partial charge in [0.1, 0.15) is 16.9 Å².